The fraction of sp³-hybridized carbons (Fsp3) is 0.588. The number of nitrogens with two attached hydrogens (primary N) is 1. The number of carbonyl (C=O) groups is 1. The molecular formula is C17H24N2OS2. The van der Waals surface area contributed by atoms with E-state index in [-0.39, 0.29) is 5.91 Å². The highest BCUT2D eigenvalue weighted by atomic mass is 32.2. The van der Waals surface area contributed by atoms with Crippen molar-refractivity contribution in [3.05, 3.63) is 35.4 Å². The molecule has 1 amide bonds. The predicted molar refractivity (Wildman–Crippen MR) is 96.4 cm³/mol. The Morgan fingerprint density at radius 1 is 1.27 bits per heavy atom. The number of likely N-dealkylation sites (tertiary alicyclic amines) is 1. The topological polar surface area (TPSA) is 46.3 Å². The molecule has 0 aromatic heterocycles. The fourth-order valence-electron chi connectivity index (χ4n) is 3.23. The summed E-state index contributed by atoms with van der Waals surface area (Å²) < 4.78 is 0.533. The first kappa shape index (κ1) is 16.2. The van der Waals surface area contributed by atoms with E-state index in [0.717, 1.165) is 18.5 Å². The minimum absolute atomic E-state index is 0.152. The smallest absolute Gasteiger partial charge is 0.254 e. The number of thioether (sulfide) groups is 2. The number of carbonyl (C=O) groups excluding carboxylic acids is 1. The quantitative estimate of drug-likeness (QED) is 0.919. The van der Waals surface area contributed by atoms with E-state index in [1.807, 2.05) is 40.6 Å². The fourth-order valence-corrected chi connectivity index (χ4v) is 6.12. The lowest BCUT2D eigenvalue weighted by Crippen LogP contribution is -2.34. The standard InChI is InChI=1S/C17H24N2OS2/c1-12-9-13(10-18)11-19(12)16(20)14-3-5-15(6-4-14)17-21-7-2-8-22-17/h3-6,12-13,17H,2,7-11,18H2,1H3. The number of hydrogen-bond donors (Lipinski definition) is 1. The second-order valence-electron chi connectivity index (χ2n) is 6.19. The van der Waals surface area contributed by atoms with E-state index in [0.29, 0.717) is 23.1 Å². The molecule has 2 N–H and O–H groups in total. The highest BCUT2D eigenvalue weighted by Gasteiger charge is 2.32. The average Bonchev–Trinajstić information content (AvgIpc) is 2.96. The maximum Gasteiger partial charge on any atom is 0.254 e. The second kappa shape index (κ2) is 7.28. The Hall–Kier alpha value is -0.650. The van der Waals surface area contributed by atoms with Gasteiger partial charge in [0.15, 0.2) is 0 Å². The zero-order chi connectivity index (χ0) is 15.5. The third kappa shape index (κ3) is 3.47. The minimum atomic E-state index is 0.152. The summed E-state index contributed by atoms with van der Waals surface area (Å²) in [6.07, 6.45) is 2.33. The van der Waals surface area contributed by atoms with Crippen LogP contribution >= 0.6 is 23.5 Å². The molecule has 5 heteroatoms. The number of benzene rings is 1. The summed E-state index contributed by atoms with van der Waals surface area (Å²) >= 11 is 4.03. The van der Waals surface area contributed by atoms with Crippen molar-refractivity contribution >= 4 is 29.4 Å². The van der Waals surface area contributed by atoms with Gasteiger partial charge in [0.2, 0.25) is 0 Å². The van der Waals surface area contributed by atoms with Gasteiger partial charge in [-0.05, 0) is 61.4 Å². The van der Waals surface area contributed by atoms with Crippen molar-refractivity contribution in [1.29, 1.82) is 0 Å². The molecule has 2 atom stereocenters. The molecule has 3 rings (SSSR count). The molecule has 0 bridgehead atoms. The Morgan fingerprint density at radius 2 is 1.95 bits per heavy atom. The zero-order valence-corrected chi connectivity index (χ0v) is 14.7. The van der Waals surface area contributed by atoms with Gasteiger partial charge in [-0.25, -0.2) is 0 Å². The highest BCUT2D eigenvalue weighted by Crippen LogP contribution is 2.43. The van der Waals surface area contributed by atoms with Crippen molar-refractivity contribution in [2.75, 3.05) is 24.6 Å². The third-order valence-corrected chi connectivity index (χ3v) is 7.53. The van der Waals surface area contributed by atoms with E-state index < -0.39 is 0 Å². The molecule has 1 aromatic rings. The predicted octanol–water partition coefficient (Wildman–Crippen LogP) is 3.36. The van der Waals surface area contributed by atoms with Crippen molar-refractivity contribution in [2.45, 2.75) is 30.4 Å². The largest absolute Gasteiger partial charge is 0.336 e. The molecule has 2 aliphatic heterocycles. The van der Waals surface area contributed by atoms with E-state index >= 15 is 0 Å². The van der Waals surface area contributed by atoms with Crippen molar-refractivity contribution in [3.63, 3.8) is 0 Å². The van der Waals surface area contributed by atoms with Gasteiger partial charge in [0.05, 0.1) is 4.58 Å². The van der Waals surface area contributed by atoms with Gasteiger partial charge in [0, 0.05) is 18.2 Å². The molecule has 0 aliphatic carbocycles. The number of amides is 1. The number of nitrogens with zero attached hydrogens (tertiary/aromatic N) is 1. The number of rotatable bonds is 3. The summed E-state index contributed by atoms with van der Waals surface area (Å²) in [7, 11) is 0. The third-order valence-electron chi connectivity index (χ3n) is 4.51. The molecule has 2 unspecified atom stereocenters. The van der Waals surface area contributed by atoms with Gasteiger partial charge in [-0.15, -0.1) is 23.5 Å². The van der Waals surface area contributed by atoms with Crippen molar-refractivity contribution < 1.29 is 4.79 Å². The molecule has 2 fully saturated rings. The van der Waals surface area contributed by atoms with Crippen LogP contribution in [0.1, 0.15) is 40.3 Å². The summed E-state index contributed by atoms with van der Waals surface area (Å²) in [6, 6.07) is 8.55. The van der Waals surface area contributed by atoms with Crippen LogP contribution in [0.25, 0.3) is 0 Å². The average molecular weight is 337 g/mol. The summed E-state index contributed by atoms with van der Waals surface area (Å²) in [5.41, 5.74) is 7.90. The van der Waals surface area contributed by atoms with Crippen LogP contribution in [0.3, 0.4) is 0 Å². The van der Waals surface area contributed by atoms with E-state index in [1.165, 1.54) is 23.5 Å². The van der Waals surface area contributed by atoms with Gasteiger partial charge in [-0.3, -0.25) is 4.79 Å². The maximum absolute atomic E-state index is 12.7. The SMILES string of the molecule is CC1CC(CN)CN1C(=O)c1ccc(C2SCCCS2)cc1. The molecule has 22 heavy (non-hydrogen) atoms. The van der Waals surface area contributed by atoms with Gasteiger partial charge < -0.3 is 10.6 Å². The lowest BCUT2D eigenvalue weighted by atomic mass is 10.1. The Morgan fingerprint density at radius 3 is 2.55 bits per heavy atom. The zero-order valence-electron chi connectivity index (χ0n) is 13.0. The monoisotopic (exact) mass is 336 g/mol. The summed E-state index contributed by atoms with van der Waals surface area (Å²) in [5, 5.41) is 0. The highest BCUT2D eigenvalue weighted by molar-refractivity contribution is 8.16. The van der Waals surface area contributed by atoms with Crippen LogP contribution in [0, 0.1) is 5.92 Å². The van der Waals surface area contributed by atoms with Gasteiger partial charge in [0.25, 0.3) is 5.91 Å². The molecule has 2 heterocycles. The first-order chi connectivity index (χ1) is 10.7. The van der Waals surface area contributed by atoms with Gasteiger partial charge in [0.1, 0.15) is 0 Å². The summed E-state index contributed by atoms with van der Waals surface area (Å²) in [6.45, 7) is 3.59. The van der Waals surface area contributed by atoms with Crippen LogP contribution in [-0.4, -0.2) is 41.4 Å². The Bertz CT molecular complexity index is 514. The van der Waals surface area contributed by atoms with E-state index in [4.69, 9.17) is 5.73 Å². The molecule has 120 valence electrons. The summed E-state index contributed by atoms with van der Waals surface area (Å²) in [5.74, 6) is 3.08. The van der Waals surface area contributed by atoms with E-state index in [9.17, 15) is 4.79 Å². The van der Waals surface area contributed by atoms with Gasteiger partial charge in [-0.1, -0.05) is 12.1 Å². The lowest BCUT2D eigenvalue weighted by Gasteiger charge is -2.23. The lowest BCUT2D eigenvalue weighted by molar-refractivity contribution is 0.0743. The summed E-state index contributed by atoms with van der Waals surface area (Å²) in [4.78, 5) is 14.7. The molecule has 2 aliphatic rings. The Balaban J connectivity index is 1.68. The molecule has 2 saturated heterocycles. The molecule has 0 spiro atoms. The maximum atomic E-state index is 12.7. The van der Waals surface area contributed by atoms with Crippen molar-refractivity contribution in [1.82, 2.24) is 4.90 Å². The molecule has 3 nitrogen and oxygen atoms in total. The van der Waals surface area contributed by atoms with Crippen LogP contribution in [-0.2, 0) is 0 Å². The van der Waals surface area contributed by atoms with Crippen LogP contribution in [0.5, 0.6) is 0 Å². The molecule has 1 aromatic carbocycles. The van der Waals surface area contributed by atoms with Crippen LogP contribution in [0.2, 0.25) is 0 Å². The van der Waals surface area contributed by atoms with Gasteiger partial charge >= 0.3 is 0 Å². The van der Waals surface area contributed by atoms with Crippen LogP contribution < -0.4 is 5.73 Å². The van der Waals surface area contributed by atoms with Crippen molar-refractivity contribution in [2.24, 2.45) is 11.7 Å². The molecule has 0 radical (unpaired) electrons. The second-order valence-corrected chi connectivity index (χ2v) is 8.92. The van der Waals surface area contributed by atoms with E-state index in [1.54, 1.807) is 0 Å². The van der Waals surface area contributed by atoms with Crippen LogP contribution in [0.4, 0.5) is 0 Å². The molecule has 0 saturated carbocycles. The number of hydrogen-bond acceptors (Lipinski definition) is 4. The van der Waals surface area contributed by atoms with Crippen LogP contribution in [0.15, 0.2) is 24.3 Å². The first-order valence-electron chi connectivity index (χ1n) is 8.03. The van der Waals surface area contributed by atoms with Crippen molar-refractivity contribution in [3.8, 4) is 0 Å². The first-order valence-corrected chi connectivity index (χ1v) is 10.1. The van der Waals surface area contributed by atoms with E-state index in [2.05, 4.69) is 19.1 Å². The Kier molecular flexibility index (Phi) is 5.37. The van der Waals surface area contributed by atoms with Gasteiger partial charge in [-0.2, -0.15) is 0 Å². The Labute approximate surface area is 141 Å². The molecular weight excluding hydrogens is 312 g/mol. The normalized spacial score (nSPS) is 26.4. The minimum Gasteiger partial charge on any atom is -0.336 e.